The van der Waals surface area contributed by atoms with Gasteiger partial charge in [-0.2, -0.15) is 0 Å². The summed E-state index contributed by atoms with van der Waals surface area (Å²) in [5, 5.41) is 31.9. The molecule has 4 atom stereocenters. The number of phenolic OH excluding ortho intramolecular Hbond substituents is 1. The smallest absolute Gasteiger partial charge is 0.238 e. The third-order valence-corrected chi connectivity index (χ3v) is 7.94. The van der Waals surface area contributed by atoms with Crippen molar-refractivity contribution in [3.8, 4) is 5.75 Å². The van der Waals surface area contributed by atoms with Gasteiger partial charge in [0, 0.05) is 13.0 Å². The number of nitrogens with zero attached hydrogens (tertiary/aromatic N) is 1. The normalized spacial score (nSPS) is 22.7. The lowest BCUT2D eigenvalue weighted by Gasteiger charge is -2.36. The molecule has 2 aromatic carbocycles. The van der Waals surface area contributed by atoms with Gasteiger partial charge in [0.25, 0.3) is 0 Å². The van der Waals surface area contributed by atoms with Crippen molar-refractivity contribution in [3.63, 3.8) is 0 Å². The Morgan fingerprint density at radius 1 is 1.18 bits per heavy atom. The van der Waals surface area contributed by atoms with Crippen molar-refractivity contribution in [2.24, 2.45) is 17.8 Å². The van der Waals surface area contributed by atoms with Crippen molar-refractivity contribution >= 4 is 35.2 Å². The number of halogens is 1. The first kappa shape index (κ1) is 28.0. The number of imide groups is 1. The van der Waals surface area contributed by atoms with E-state index in [2.05, 4.69) is 0 Å². The first-order valence-electron chi connectivity index (χ1n) is 12.9. The van der Waals surface area contributed by atoms with Gasteiger partial charge in [0.1, 0.15) is 5.75 Å². The van der Waals surface area contributed by atoms with E-state index in [1.54, 1.807) is 43.5 Å². The summed E-state index contributed by atoms with van der Waals surface area (Å²) >= 11 is 6.27. The fourth-order valence-electron chi connectivity index (χ4n) is 5.78. The lowest BCUT2D eigenvalue weighted by atomic mass is 9.68. The SMILES string of the molecule is CC/C(=C\c1ccc(O)cc1Cl)CC[C@@H](O)C1=C(COC)C[C@H]2C(=O)N(c3ccccc3)C(=O)[C@H]2[C@H]1CO. The number of allylic oxidation sites excluding steroid dienone is 1. The van der Waals surface area contributed by atoms with Gasteiger partial charge in [0.2, 0.25) is 11.8 Å². The van der Waals surface area contributed by atoms with E-state index in [-0.39, 0.29) is 30.8 Å². The number of aromatic hydroxyl groups is 1. The number of amides is 2. The number of anilines is 1. The minimum absolute atomic E-state index is 0.0923. The standard InChI is InChI=1S/C30H34ClNO6/c1-3-18(13-19-10-11-22(34)15-25(19)31)9-12-26(35)27-20(17-38-2)14-23-28(24(27)16-33)30(37)32(29(23)36)21-7-5-4-6-8-21/h4-8,10-11,13,15,23-24,26,28,33-35H,3,9,12,14,16-17H2,1-2H3/b18-13+/t23-,24+,26-,28-/m1/s1. The van der Waals surface area contributed by atoms with E-state index in [1.807, 2.05) is 19.1 Å². The highest BCUT2D eigenvalue weighted by Gasteiger charge is 2.55. The molecule has 1 fully saturated rings. The zero-order chi connectivity index (χ0) is 27.4. The Kier molecular flexibility index (Phi) is 9.05. The average molecular weight is 540 g/mol. The van der Waals surface area contributed by atoms with Crippen LogP contribution in [-0.4, -0.2) is 53.6 Å². The first-order chi connectivity index (χ1) is 18.3. The van der Waals surface area contributed by atoms with Gasteiger partial charge in [-0.3, -0.25) is 14.5 Å². The predicted molar refractivity (Wildman–Crippen MR) is 147 cm³/mol. The topological polar surface area (TPSA) is 107 Å². The van der Waals surface area contributed by atoms with Crippen molar-refractivity contribution in [1.29, 1.82) is 0 Å². The molecule has 0 bridgehead atoms. The minimum atomic E-state index is -0.919. The number of methoxy groups -OCH3 is 1. The van der Waals surface area contributed by atoms with Crippen LogP contribution in [0.15, 0.2) is 65.3 Å². The van der Waals surface area contributed by atoms with E-state index in [4.69, 9.17) is 16.3 Å². The van der Waals surface area contributed by atoms with Crippen LogP contribution in [-0.2, 0) is 14.3 Å². The Bertz CT molecular complexity index is 1240. The number of carbonyl (C=O) groups excluding carboxylic acids is 2. The molecule has 0 unspecified atom stereocenters. The maximum Gasteiger partial charge on any atom is 0.238 e. The molecule has 38 heavy (non-hydrogen) atoms. The number of aliphatic hydroxyl groups is 2. The highest BCUT2D eigenvalue weighted by Crippen LogP contribution is 2.47. The number of carbonyl (C=O) groups is 2. The number of benzene rings is 2. The Balaban J connectivity index is 1.60. The number of hydrogen-bond acceptors (Lipinski definition) is 6. The Hall–Kier alpha value is -2.97. The second-order valence-electron chi connectivity index (χ2n) is 9.88. The Morgan fingerprint density at radius 3 is 2.55 bits per heavy atom. The molecular weight excluding hydrogens is 506 g/mol. The lowest BCUT2D eigenvalue weighted by Crippen LogP contribution is -2.39. The fraction of sp³-hybridized carbons (Fsp3) is 0.400. The van der Waals surface area contributed by atoms with Crippen LogP contribution in [0.5, 0.6) is 5.75 Å². The van der Waals surface area contributed by atoms with E-state index < -0.39 is 23.9 Å². The summed E-state index contributed by atoms with van der Waals surface area (Å²) in [5.74, 6) is -2.57. The van der Waals surface area contributed by atoms with Crippen LogP contribution in [0.3, 0.4) is 0 Å². The van der Waals surface area contributed by atoms with E-state index in [9.17, 15) is 24.9 Å². The number of ether oxygens (including phenoxy) is 1. The van der Waals surface area contributed by atoms with Gasteiger partial charge < -0.3 is 20.1 Å². The highest BCUT2D eigenvalue weighted by molar-refractivity contribution is 6.32. The second-order valence-corrected chi connectivity index (χ2v) is 10.3. The van der Waals surface area contributed by atoms with Crippen molar-refractivity contribution in [2.75, 3.05) is 25.2 Å². The molecule has 7 nitrogen and oxygen atoms in total. The molecule has 0 radical (unpaired) electrons. The van der Waals surface area contributed by atoms with Gasteiger partial charge in [-0.15, -0.1) is 0 Å². The average Bonchev–Trinajstić information content (AvgIpc) is 3.16. The summed E-state index contributed by atoms with van der Waals surface area (Å²) in [7, 11) is 1.55. The number of rotatable bonds is 10. The van der Waals surface area contributed by atoms with Crippen LogP contribution < -0.4 is 4.90 Å². The molecule has 1 aliphatic heterocycles. The molecule has 0 aromatic heterocycles. The van der Waals surface area contributed by atoms with Crippen molar-refractivity contribution in [3.05, 3.63) is 75.8 Å². The highest BCUT2D eigenvalue weighted by atomic mass is 35.5. The summed E-state index contributed by atoms with van der Waals surface area (Å²) in [6.07, 6.45) is 3.01. The molecule has 1 heterocycles. The van der Waals surface area contributed by atoms with E-state index in [1.165, 1.54) is 11.0 Å². The zero-order valence-corrected chi connectivity index (χ0v) is 22.4. The van der Waals surface area contributed by atoms with Gasteiger partial charge in [-0.05, 0) is 72.7 Å². The van der Waals surface area contributed by atoms with Crippen molar-refractivity contribution in [1.82, 2.24) is 0 Å². The number of hydrogen-bond donors (Lipinski definition) is 3. The summed E-state index contributed by atoms with van der Waals surface area (Å²) in [6, 6.07) is 13.6. The molecule has 0 saturated carbocycles. The molecule has 1 aliphatic carbocycles. The van der Waals surface area contributed by atoms with E-state index in [0.717, 1.165) is 23.1 Å². The number of phenols is 1. The zero-order valence-electron chi connectivity index (χ0n) is 21.6. The van der Waals surface area contributed by atoms with Gasteiger partial charge in [0.15, 0.2) is 0 Å². The number of fused-ring (bicyclic) bond motifs is 1. The van der Waals surface area contributed by atoms with Crippen molar-refractivity contribution < 1.29 is 29.6 Å². The third kappa shape index (κ3) is 5.57. The van der Waals surface area contributed by atoms with E-state index >= 15 is 0 Å². The van der Waals surface area contributed by atoms with Gasteiger partial charge in [-0.1, -0.05) is 48.4 Å². The van der Waals surface area contributed by atoms with Crippen LogP contribution in [0.2, 0.25) is 5.02 Å². The minimum Gasteiger partial charge on any atom is -0.508 e. The Morgan fingerprint density at radius 2 is 1.92 bits per heavy atom. The summed E-state index contributed by atoms with van der Waals surface area (Å²) in [5.41, 5.74) is 3.71. The van der Waals surface area contributed by atoms with Crippen LogP contribution in [0.4, 0.5) is 5.69 Å². The van der Waals surface area contributed by atoms with Gasteiger partial charge in [-0.25, -0.2) is 0 Å². The maximum absolute atomic E-state index is 13.5. The monoisotopic (exact) mass is 539 g/mol. The summed E-state index contributed by atoms with van der Waals surface area (Å²) < 4.78 is 5.42. The lowest BCUT2D eigenvalue weighted by molar-refractivity contribution is -0.123. The van der Waals surface area contributed by atoms with E-state index in [0.29, 0.717) is 35.5 Å². The molecule has 0 spiro atoms. The first-order valence-corrected chi connectivity index (χ1v) is 13.3. The molecule has 2 aliphatic rings. The number of aliphatic hydroxyl groups excluding tert-OH is 2. The van der Waals surface area contributed by atoms with Crippen LogP contribution in [0.1, 0.15) is 38.2 Å². The molecule has 8 heteroatoms. The molecule has 202 valence electrons. The third-order valence-electron chi connectivity index (χ3n) is 7.61. The molecule has 3 N–H and O–H groups in total. The predicted octanol–water partition coefficient (Wildman–Crippen LogP) is 4.74. The van der Waals surface area contributed by atoms with Crippen LogP contribution >= 0.6 is 11.6 Å². The number of para-hydroxylation sites is 1. The Labute approximate surface area is 228 Å². The van der Waals surface area contributed by atoms with Gasteiger partial charge in [0.05, 0.1) is 41.9 Å². The molecule has 2 amide bonds. The second kappa shape index (κ2) is 12.3. The van der Waals surface area contributed by atoms with Gasteiger partial charge >= 0.3 is 0 Å². The summed E-state index contributed by atoms with van der Waals surface area (Å²) in [6.45, 7) is 1.87. The molecule has 2 aromatic rings. The largest absolute Gasteiger partial charge is 0.508 e. The fourth-order valence-corrected chi connectivity index (χ4v) is 6.01. The maximum atomic E-state index is 13.5. The van der Waals surface area contributed by atoms with Crippen LogP contribution in [0, 0.1) is 17.8 Å². The summed E-state index contributed by atoms with van der Waals surface area (Å²) in [4.78, 5) is 28.1. The molecule has 4 rings (SSSR count). The molecular formula is C30H34ClNO6. The van der Waals surface area contributed by atoms with Crippen molar-refractivity contribution in [2.45, 2.75) is 38.7 Å². The molecule has 1 saturated heterocycles. The van der Waals surface area contributed by atoms with Crippen LogP contribution in [0.25, 0.3) is 6.08 Å². The quantitative estimate of drug-likeness (QED) is 0.297.